The van der Waals surface area contributed by atoms with Crippen LogP contribution in [0.5, 0.6) is 0 Å². The molecule has 0 atom stereocenters. The van der Waals surface area contributed by atoms with E-state index in [4.69, 9.17) is 0 Å². The molecule has 0 unspecified atom stereocenters. The van der Waals surface area contributed by atoms with Gasteiger partial charge in [0, 0.05) is 24.1 Å². The van der Waals surface area contributed by atoms with Crippen molar-refractivity contribution in [3.05, 3.63) is 52.4 Å². The van der Waals surface area contributed by atoms with Crippen LogP contribution in [0.2, 0.25) is 0 Å². The van der Waals surface area contributed by atoms with Crippen molar-refractivity contribution in [3.8, 4) is 0 Å². The Labute approximate surface area is 166 Å². The second-order valence-electron chi connectivity index (χ2n) is 7.23. The number of hydrogen-bond donors (Lipinski definition) is 2. The maximum atomic E-state index is 12.4. The molecule has 2 aromatic rings. The molecule has 1 aliphatic heterocycles. The maximum Gasteiger partial charge on any atom is 0.273 e. The molecule has 1 aliphatic rings. The Bertz CT molecular complexity index is 906. The third-order valence-electron chi connectivity index (χ3n) is 5.13. The summed E-state index contributed by atoms with van der Waals surface area (Å²) in [6, 6.07) is 1.75. The summed E-state index contributed by atoms with van der Waals surface area (Å²) in [4.78, 5) is 26.5. The number of rotatable bonds is 7. The summed E-state index contributed by atoms with van der Waals surface area (Å²) in [5.74, 6) is 0.104. The van der Waals surface area contributed by atoms with Crippen LogP contribution in [-0.4, -0.2) is 44.6 Å². The molecule has 0 fully saturated rings. The summed E-state index contributed by atoms with van der Waals surface area (Å²) in [5.41, 5.74) is 8.89. The molecule has 0 saturated carbocycles. The van der Waals surface area contributed by atoms with Gasteiger partial charge in [0.1, 0.15) is 12.0 Å². The molecule has 3 rings (SSSR count). The van der Waals surface area contributed by atoms with E-state index in [0.717, 1.165) is 31.0 Å². The first-order valence-electron chi connectivity index (χ1n) is 9.76. The normalized spacial score (nSPS) is 15.6. The van der Waals surface area contributed by atoms with Gasteiger partial charge < -0.3 is 4.98 Å². The number of aromatic amines is 1. The zero-order chi connectivity index (χ0) is 20.3. The first-order chi connectivity index (χ1) is 13.5. The molecule has 2 aromatic heterocycles. The molecular weight excluding hydrogens is 352 g/mol. The van der Waals surface area contributed by atoms with E-state index in [1.807, 2.05) is 6.08 Å². The maximum absolute atomic E-state index is 12.4. The van der Waals surface area contributed by atoms with Crippen molar-refractivity contribution < 1.29 is 4.79 Å². The van der Waals surface area contributed by atoms with Gasteiger partial charge in [0.25, 0.3) is 5.91 Å². The van der Waals surface area contributed by atoms with Gasteiger partial charge in [-0.15, -0.1) is 0 Å². The molecule has 1 amide bonds. The fourth-order valence-electron chi connectivity index (χ4n) is 3.60. The Kier molecular flexibility index (Phi) is 6.04. The van der Waals surface area contributed by atoms with E-state index in [2.05, 4.69) is 65.0 Å². The van der Waals surface area contributed by atoms with E-state index >= 15 is 0 Å². The molecule has 2 N–H and O–H groups in total. The van der Waals surface area contributed by atoms with Crippen molar-refractivity contribution in [2.75, 3.05) is 13.1 Å². The van der Waals surface area contributed by atoms with Crippen molar-refractivity contribution >= 4 is 17.7 Å². The van der Waals surface area contributed by atoms with Crippen molar-refractivity contribution in [3.63, 3.8) is 0 Å². The first-order valence-corrected chi connectivity index (χ1v) is 9.76. The number of H-pyrrole nitrogens is 1. The van der Waals surface area contributed by atoms with Gasteiger partial charge in [-0.25, -0.2) is 15.4 Å². The number of nitrogens with zero attached hydrogens (tertiary/aromatic N) is 4. The van der Waals surface area contributed by atoms with Gasteiger partial charge in [-0.3, -0.25) is 9.69 Å². The Morgan fingerprint density at radius 2 is 2.00 bits per heavy atom. The second kappa shape index (κ2) is 8.48. The van der Waals surface area contributed by atoms with Crippen molar-refractivity contribution in [2.45, 2.75) is 47.1 Å². The zero-order valence-corrected chi connectivity index (χ0v) is 17.2. The molecule has 7 heteroatoms. The highest BCUT2D eigenvalue weighted by Crippen LogP contribution is 2.30. The minimum atomic E-state index is -0.221. The third-order valence-corrected chi connectivity index (χ3v) is 5.13. The number of aromatic nitrogens is 3. The number of carbonyl (C=O) groups is 1. The standard InChI is InChI=1S/C21H28N6O/c1-6-27(7-2)11-16-14(5)24-18(19(16)13(3)4)10-15-20(25-26-21(15)28)17-8-9-22-12-23-17/h8-10,12-13,24H,6-7,11H2,1-5H3,(H,26,28). The molecule has 0 saturated heterocycles. The highest BCUT2D eigenvalue weighted by atomic mass is 16.2. The summed E-state index contributed by atoms with van der Waals surface area (Å²) in [5, 5.41) is 4.18. The van der Waals surface area contributed by atoms with E-state index in [1.54, 1.807) is 12.3 Å². The molecule has 0 radical (unpaired) electrons. The number of hydrazone groups is 1. The average molecular weight is 380 g/mol. The lowest BCUT2D eigenvalue weighted by atomic mass is 9.95. The minimum absolute atomic E-state index is 0.221. The molecule has 0 spiro atoms. The quantitative estimate of drug-likeness (QED) is 0.723. The monoisotopic (exact) mass is 380 g/mol. The predicted octanol–water partition coefficient (Wildman–Crippen LogP) is 3.00. The molecular formula is C21H28N6O. The Morgan fingerprint density at radius 1 is 1.25 bits per heavy atom. The highest BCUT2D eigenvalue weighted by molar-refractivity contribution is 6.32. The van der Waals surface area contributed by atoms with Crippen molar-refractivity contribution in [1.29, 1.82) is 0 Å². The molecule has 3 heterocycles. The van der Waals surface area contributed by atoms with Gasteiger partial charge in [0.05, 0.1) is 11.3 Å². The smallest absolute Gasteiger partial charge is 0.273 e. The highest BCUT2D eigenvalue weighted by Gasteiger charge is 2.27. The predicted molar refractivity (Wildman–Crippen MR) is 111 cm³/mol. The Morgan fingerprint density at radius 3 is 2.61 bits per heavy atom. The fourth-order valence-corrected chi connectivity index (χ4v) is 3.60. The van der Waals surface area contributed by atoms with E-state index in [1.165, 1.54) is 17.5 Å². The van der Waals surface area contributed by atoms with Crippen LogP contribution in [0.1, 0.15) is 61.8 Å². The van der Waals surface area contributed by atoms with Crippen LogP contribution in [0.15, 0.2) is 29.3 Å². The van der Waals surface area contributed by atoms with E-state index in [9.17, 15) is 4.79 Å². The van der Waals surface area contributed by atoms with Crippen LogP contribution >= 0.6 is 0 Å². The topological polar surface area (TPSA) is 86.3 Å². The second-order valence-corrected chi connectivity index (χ2v) is 7.23. The lowest BCUT2D eigenvalue weighted by Gasteiger charge is -2.20. The van der Waals surface area contributed by atoms with Crippen LogP contribution in [0.4, 0.5) is 0 Å². The molecule has 0 aliphatic carbocycles. The van der Waals surface area contributed by atoms with Crippen LogP contribution in [0, 0.1) is 6.92 Å². The van der Waals surface area contributed by atoms with Gasteiger partial charge in [-0.05, 0) is 49.2 Å². The van der Waals surface area contributed by atoms with Crippen LogP contribution in [-0.2, 0) is 11.3 Å². The Balaban J connectivity index is 2.05. The van der Waals surface area contributed by atoms with Gasteiger partial charge in [-0.1, -0.05) is 27.7 Å². The van der Waals surface area contributed by atoms with Gasteiger partial charge in [0.15, 0.2) is 0 Å². The van der Waals surface area contributed by atoms with E-state index in [0.29, 0.717) is 22.9 Å². The Hall–Kier alpha value is -2.80. The lowest BCUT2D eigenvalue weighted by Crippen LogP contribution is -2.23. The van der Waals surface area contributed by atoms with Crippen LogP contribution in [0.25, 0.3) is 6.08 Å². The fraction of sp³-hybridized carbons (Fsp3) is 0.429. The zero-order valence-electron chi connectivity index (χ0n) is 17.2. The van der Waals surface area contributed by atoms with Crippen LogP contribution in [0.3, 0.4) is 0 Å². The largest absolute Gasteiger partial charge is 0.359 e. The van der Waals surface area contributed by atoms with E-state index < -0.39 is 0 Å². The molecule has 0 aromatic carbocycles. The third kappa shape index (κ3) is 3.89. The molecule has 148 valence electrons. The minimum Gasteiger partial charge on any atom is -0.359 e. The summed E-state index contributed by atoms with van der Waals surface area (Å²) < 4.78 is 0. The van der Waals surface area contributed by atoms with Gasteiger partial charge >= 0.3 is 0 Å². The summed E-state index contributed by atoms with van der Waals surface area (Å²) >= 11 is 0. The number of nitrogens with one attached hydrogen (secondary N) is 2. The average Bonchev–Trinajstić information content (AvgIpc) is 3.20. The van der Waals surface area contributed by atoms with Gasteiger partial charge in [-0.2, -0.15) is 5.10 Å². The van der Waals surface area contributed by atoms with Crippen molar-refractivity contribution in [2.24, 2.45) is 5.10 Å². The van der Waals surface area contributed by atoms with E-state index in [-0.39, 0.29) is 5.91 Å². The summed E-state index contributed by atoms with van der Waals surface area (Å²) in [6.07, 6.45) is 5.00. The van der Waals surface area contributed by atoms with Gasteiger partial charge in [0.2, 0.25) is 0 Å². The SMILES string of the molecule is CCN(CC)Cc1c(C)[nH]c(C=C2C(=O)NN=C2c2ccncn2)c1C(C)C. The number of hydrogen-bond acceptors (Lipinski definition) is 5. The molecule has 7 nitrogen and oxygen atoms in total. The summed E-state index contributed by atoms with van der Waals surface area (Å²) in [6.45, 7) is 13.7. The molecule has 0 bridgehead atoms. The van der Waals surface area contributed by atoms with Crippen LogP contribution < -0.4 is 5.43 Å². The number of amides is 1. The lowest BCUT2D eigenvalue weighted by molar-refractivity contribution is -0.116. The summed E-state index contributed by atoms with van der Waals surface area (Å²) in [7, 11) is 0. The number of carbonyl (C=O) groups excluding carboxylic acids is 1. The van der Waals surface area contributed by atoms with Crippen molar-refractivity contribution in [1.82, 2.24) is 25.3 Å². The first kappa shape index (κ1) is 19.9. The number of aryl methyl sites for hydroxylation is 1. The molecule has 28 heavy (non-hydrogen) atoms.